The van der Waals surface area contributed by atoms with Gasteiger partial charge in [-0.25, -0.2) is 4.79 Å². The predicted molar refractivity (Wildman–Crippen MR) is 78.0 cm³/mol. The molecular formula is C14H14F3N3OS. The summed E-state index contributed by atoms with van der Waals surface area (Å²) in [6.07, 6.45) is -2.64. The van der Waals surface area contributed by atoms with Crippen molar-refractivity contribution in [2.24, 2.45) is 4.99 Å². The van der Waals surface area contributed by atoms with Gasteiger partial charge in [0.25, 0.3) is 0 Å². The van der Waals surface area contributed by atoms with Gasteiger partial charge in [-0.3, -0.25) is 4.57 Å². The first-order valence-electron chi connectivity index (χ1n) is 6.31. The normalized spacial score (nSPS) is 12.5. The molecule has 1 aromatic heterocycles. The highest BCUT2D eigenvalue weighted by Gasteiger charge is 2.30. The van der Waals surface area contributed by atoms with Crippen molar-refractivity contribution in [1.82, 2.24) is 9.47 Å². The minimum absolute atomic E-state index is 0.413. The Balaban J connectivity index is 2.48. The van der Waals surface area contributed by atoms with Gasteiger partial charge in [0, 0.05) is 30.9 Å². The monoisotopic (exact) mass is 329 g/mol. The number of hydrogen-bond acceptors (Lipinski definition) is 2. The predicted octanol–water partition coefficient (Wildman–Crippen LogP) is 3.45. The van der Waals surface area contributed by atoms with E-state index in [9.17, 15) is 18.0 Å². The topological polar surface area (TPSA) is 37.6 Å². The Morgan fingerprint density at radius 1 is 1.23 bits per heavy atom. The molecule has 0 aliphatic carbocycles. The molecule has 0 aliphatic rings. The average Bonchev–Trinajstić information content (AvgIpc) is 2.78. The number of amides is 2. The van der Waals surface area contributed by atoms with Gasteiger partial charge in [-0.15, -0.1) is 11.3 Å². The van der Waals surface area contributed by atoms with Crippen LogP contribution in [0, 0.1) is 6.92 Å². The highest BCUT2D eigenvalue weighted by Crippen LogP contribution is 2.29. The molecule has 1 aromatic carbocycles. The van der Waals surface area contributed by atoms with Crippen LogP contribution in [0.4, 0.5) is 18.0 Å². The molecule has 0 atom stereocenters. The number of rotatable bonds is 1. The number of nitrogens with zero attached hydrogens (tertiary/aromatic N) is 3. The molecular weight excluding hydrogens is 315 g/mol. The standard InChI is InChI=1S/C14H14F3N3OS/c1-9-8-20(13(22-9)18-12(21)19(2)3)11-6-4-10(5-7-11)14(15,16)17/h4-8H,1-3H3/b18-13-. The van der Waals surface area contributed by atoms with Crippen LogP contribution in [0.15, 0.2) is 35.5 Å². The van der Waals surface area contributed by atoms with Crippen molar-refractivity contribution in [2.75, 3.05) is 14.1 Å². The second-order valence-electron chi connectivity index (χ2n) is 4.83. The Hall–Kier alpha value is -2.09. The van der Waals surface area contributed by atoms with Gasteiger partial charge in [-0.05, 0) is 31.2 Å². The number of carbonyl (C=O) groups is 1. The molecule has 2 aromatic rings. The lowest BCUT2D eigenvalue weighted by Crippen LogP contribution is -2.22. The van der Waals surface area contributed by atoms with Crippen molar-refractivity contribution in [2.45, 2.75) is 13.1 Å². The van der Waals surface area contributed by atoms with Crippen LogP contribution < -0.4 is 4.80 Å². The maximum Gasteiger partial charge on any atom is 0.416 e. The smallest absolute Gasteiger partial charge is 0.329 e. The molecule has 0 fully saturated rings. The zero-order valence-electron chi connectivity index (χ0n) is 12.2. The maximum atomic E-state index is 12.6. The van der Waals surface area contributed by atoms with Crippen molar-refractivity contribution >= 4 is 17.4 Å². The minimum Gasteiger partial charge on any atom is -0.329 e. The number of hydrogen-bond donors (Lipinski definition) is 0. The van der Waals surface area contributed by atoms with E-state index < -0.39 is 17.8 Å². The van der Waals surface area contributed by atoms with E-state index in [4.69, 9.17) is 0 Å². The first-order valence-corrected chi connectivity index (χ1v) is 7.13. The van der Waals surface area contributed by atoms with Gasteiger partial charge < -0.3 is 4.90 Å². The number of thiazole rings is 1. The lowest BCUT2D eigenvalue weighted by atomic mass is 10.2. The van der Waals surface area contributed by atoms with Crippen LogP contribution in [0.5, 0.6) is 0 Å². The van der Waals surface area contributed by atoms with Gasteiger partial charge in [-0.1, -0.05) is 0 Å². The summed E-state index contributed by atoms with van der Waals surface area (Å²) in [7, 11) is 3.16. The molecule has 0 bridgehead atoms. The van der Waals surface area contributed by atoms with Crippen molar-refractivity contribution in [3.63, 3.8) is 0 Å². The van der Waals surface area contributed by atoms with Crippen LogP contribution in [0.25, 0.3) is 5.69 Å². The Kier molecular flexibility index (Phi) is 4.41. The summed E-state index contributed by atoms with van der Waals surface area (Å²) < 4.78 is 39.4. The lowest BCUT2D eigenvalue weighted by molar-refractivity contribution is -0.137. The number of halogens is 3. The second kappa shape index (κ2) is 5.96. The fourth-order valence-corrected chi connectivity index (χ4v) is 2.54. The van der Waals surface area contributed by atoms with Gasteiger partial charge in [-0.2, -0.15) is 18.2 Å². The van der Waals surface area contributed by atoms with Crippen LogP contribution >= 0.6 is 11.3 Å². The quantitative estimate of drug-likeness (QED) is 0.789. The SMILES string of the molecule is Cc1cn(-c2ccc(C(F)(F)F)cc2)/c(=N/C(=O)N(C)C)s1. The lowest BCUT2D eigenvalue weighted by Gasteiger charge is -2.08. The first kappa shape index (κ1) is 16.3. The number of carbonyl (C=O) groups excluding carboxylic acids is 1. The molecule has 0 radical (unpaired) electrons. The van der Waals surface area contributed by atoms with Crippen molar-refractivity contribution in [1.29, 1.82) is 0 Å². The third-order valence-corrected chi connectivity index (χ3v) is 3.71. The molecule has 1 heterocycles. The Labute approximate surface area is 129 Å². The average molecular weight is 329 g/mol. The first-order chi connectivity index (χ1) is 10.2. The molecule has 0 unspecified atom stereocenters. The van der Waals surface area contributed by atoms with Crippen LogP contribution in [0.3, 0.4) is 0 Å². The fourth-order valence-electron chi connectivity index (χ4n) is 1.71. The van der Waals surface area contributed by atoms with Crippen molar-refractivity contribution in [3.8, 4) is 5.69 Å². The summed E-state index contributed by atoms with van der Waals surface area (Å²) >= 11 is 1.29. The number of aromatic nitrogens is 1. The van der Waals surface area contributed by atoms with Gasteiger partial charge >= 0.3 is 12.2 Å². The van der Waals surface area contributed by atoms with E-state index in [2.05, 4.69) is 4.99 Å². The van der Waals surface area contributed by atoms with E-state index >= 15 is 0 Å². The highest BCUT2D eigenvalue weighted by atomic mass is 32.1. The molecule has 0 N–H and O–H groups in total. The summed E-state index contributed by atoms with van der Waals surface area (Å²) in [5.74, 6) is 0. The van der Waals surface area contributed by atoms with E-state index in [0.717, 1.165) is 17.0 Å². The summed E-state index contributed by atoms with van der Waals surface area (Å²) in [4.78, 5) is 18.3. The number of urea groups is 1. The Bertz CT molecular complexity index is 742. The zero-order valence-corrected chi connectivity index (χ0v) is 13.0. The molecule has 4 nitrogen and oxygen atoms in total. The molecule has 22 heavy (non-hydrogen) atoms. The van der Waals surface area contributed by atoms with Crippen LogP contribution in [-0.4, -0.2) is 29.6 Å². The fraction of sp³-hybridized carbons (Fsp3) is 0.286. The van der Waals surface area contributed by atoms with Crippen molar-refractivity contribution < 1.29 is 18.0 Å². The zero-order chi connectivity index (χ0) is 16.5. The van der Waals surface area contributed by atoms with Crippen LogP contribution in [0.2, 0.25) is 0 Å². The number of aryl methyl sites for hydroxylation is 1. The number of benzene rings is 1. The van der Waals surface area contributed by atoms with E-state index in [1.807, 2.05) is 6.92 Å². The number of alkyl halides is 3. The van der Waals surface area contributed by atoms with Gasteiger partial charge in [0.15, 0.2) is 4.80 Å². The highest BCUT2D eigenvalue weighted by molar-refractivity contribution is 7.09. The van der Waals surface area contributed by atoms with E-state index in [1.165, 1.54) is 28.4 Å². The Morgan fingerprint density at radius 2 is 1.82 bits per heavy atom. The molecule has 0 saturated carbocycles. The molecule has 2 amide bonds. The van der Waals surface area contributed by atoms with Crippen molar-refractivity contribution in [3.05, 3.63) is 45.7 Å². The van der Waals surface area contributed by atoms with Gasteiger partial charge in [0.1, 0.15) is 0 Å². The summed E-state index contributed by atoms with van der Waals surface area (Å²) in [6.45, 7) is 1.84. The largest absolute Gasteiger partial charge is 0.416 e. The van der Waals surface area contributed by atoms with E-state index in [0.29, 0.717) is 10.5 Å². The third-order valence-electron chi connectivity index (χ3n) is 2.82. The Morgan fingerprint density at radius 3 is 2.32 bits per heavy atom. The molecule has 0 spiro atoms. The summed E-state index contributed by atoms with van der Waals surface area (Å²) in [6, 6.07) is 4.30. The van der Waals surface area contributed by atoms with Crippen LogP contribution in [0.1, 0.15) is 10.4 Å². The maximum absolute atomic E-state index is 12.6. The van der Waals surface area contributed by atoms with Gasteiger partial charge in [0.05, 0.1) is 5.56 Å². The summed E-state index contributed by atoms with van der Waals surface area (Å²) in [5.41, 5.74) is -0.200. The molecule has 118 valence electrons. The second-order valence-corrected chi connectivity index (χ2v) is 6.04. The minimum atomic E-state index is -4.37. The molecule has 0 aliphatic heterocycles. The molecule has 2 rings (SSSR count). The summed E-state index contributed by atoms with van der Waals surface area (Å²) in [5, 5.41) is 0. The van der Waals surface area contributed by atoms with E-state index in [1.54, 1.807) is 24.9 Å². The third kappa shape index (κ3) is 3.56. The molecule has 0 saturated heterocycles. The molecule has 8 heteroatoms. The van der Waals surface area contributed by atoms with Crippen LogP contribution in [-0.2, 0) is 6.18 Å². The van der Waals surface area contributed by atoms with E-state index in [-0.39, 0.29) is 0 Å². The van der Waals surface area contributed by atoms with Gasteiger partial charge in [0.2, 0.25) is 0 Å².